The van der Waals surface area contributed by atoms with E-state index in [4.69, 9.17) is 16.6 Å². The summed E-state index contributed by atoms with van der Waals surface area (Å²) in [6.07, 6.45) is 0. The highest BCUT2D eigenvalue weighted by Crippen LogP contribution is 1.88. The van der Waals surface area contributed by atoms with Gasteiger partial charge < -0.3 is 16.6 Å². The van der Waals surface area contributed by atoms with Crippen molar-refractivity contribution in [3.63, 3.8) is 0 Å². The SMILES string of the molecule is NCC(=O)N(CC(=O)O)C(N)=S. The van der Waals surface area contributed by atoms with Crippen molar-refractivity contribution in [1.29, 1.82) is 0 Å². The summed E-state index contributed by atoms with van der Waals surface area (Å²) in [5.74, 6) is -1.80. The Labute approximate surface area is 74.1 Å². The molecule has 0 saturated carbocycles. The second kappa shape index (κ2) is 4.62. The molecular formula is C5H9N3O3S. The number of carbonyl (C=O) groups is 2. The van der Waals surface area contributed by atoms with Gasteiger partial charge in [0.2, 0.25) is 5.91 Å². The average Bonchev–Trinajstić information content (AvgIpc) is 1.98. The van der Waals surface area contributed by atoms with Crippen LogP contribution in [0.3, 0.4) is 0 Å². The smallest absolute Gasteiger partial charge is 0.323 e. The lowest BCUT2D eigenvalue weighted by molar-refractivity contribution is -0.141. The summed E-state index contributed by atoms with van der Waals surface area (Å²) >= 11 is 4.44. The van der Waals surface area contributed by atoms with E-state index in [0.717, 1.165) is 4.90 Å². The lowest BCUT2D eigenvalue weighted by Gasteiger charge is -2.16. The van der Waals surface area contributed by atoms with Crippen LogP contribution in [0.5, 0.6) is 0 Å². The van der Waals surface area contributed by atoms with Gasteiger partial charge in [0.05, 0.1) is 6.54 Å². The van der Waals surface area contributed by atoms with E-state index >= 15 is 0 Å². The zero-order chi connectivity index (χ0) is 9.72. The highest BCUT2D eigenvalue weighted by molar-refractivity contribution is 7.80. The summed E-state index contributed by atoms with van der Waals surface area (Å²) in [5, 5.41) is 8.04. The lowest BCUT2D eigenvalue weighted by atomic mass is 10.5. The van der Waals surface area contributed by atoms with Crippen LogP contribution >= 0.6 is 12.2 Å². The topological polar surface area (TPSA) is 110 Å². The van der Waals surface area contributed by atoms with Gasteiger partial charge in [-0.2, -0.15) is 0 Å². The van der Waals surface area contributed by atoms with Crippen molar-refractivity contribution < 1.29 is 14.7 Å². The molecule has 0 atom stereocenters. The third kappa shape index (κ3) is 3.26. The molecular weight excluding hydrogens is 182 g/mol. The first kappa shape index (κ1) is 10.8. The zero-order valence-electron chi connectivity index (χ0n) is 6.19. The molecule has 7 heteroatoms. The number of carboxylic acids is 1. The van der Waals surface area contributed by atoms with E-state index in [1.807, 2.05) is 0 Å². The predicted molar refractivity (Wildman–Crippen MR) is 45.2 cm³/mol. The molecule has 0 saturated heterocycles. The van der Waals surface area contributed by atoms with E-state index in [0.29, 0.717) is 0 Å². The minimum absolute atomic E-state index is 0.284. The molecule has 0 spiro atoms. The molecule has 0 unspecified atom stereocenters. The molecule has 0 aromatic rings. The number of aliphatic carboxylic acids is 1. The van der Waals surface area contributed by atoms with E-state index in [9.17, 15) is 9.59 Å². The fourth-order valence-electron chi connectivity index (χ4n) is 0.534. The maximum absolute atomic E-state index is 10.9. The first-order chi connectivity index (χ1) is 5.49. The maximum Gasteiger partial charge on any atom is 0.323 e. The van der Waals surface area contributed by atoms with Gasteiger partial charge in [-0.15, -0.1) is 0 Å². The second-order valence-corrected chi connectivity index (χ2v) is 2.33. The third-order valence-corrected chi connectivity index (χ3v) is 1.26. The number of nitrogens with zero attached hydrogens (tertiary/aromatic N) is 1. The number of carboxylic acid groups (broad SMARTS) is 1. The fourth-order valence-corrected chi connectivity index (χ4v) is 0.701. The van der Waals surface area contributed by atoms with Crippen LogP contribution in [0.2, 0.25) is 0 Å². The van der Waals surface area contributed by atoms with Gasteiger partial charge in [-0.3, -0.25) is 14.5 Å². The van der Waals surface area contributed by atoms with E-state index < -0.39 is 18.4 Å². The van der Waals surface area contributed by atoms with Crippen LogP contribution < -0.4 is 11.5 Å². The summed E-state index contributed by atoms with van der Waals surface area (Å²) in [4.78, 5) is 21.8. The number of carbonyl (C=O) groups excluding carboxylic acids is 1. The molecule has 0 bridgehead atoms. The minimum Gasteiger partial charge on any atom is -0.480 e. The first-order valence-corrected chi connectivity index (χ1v) is 3.41. The Morgan fingerprint density at radius 2 is 2.00 bits per heavy atom. The number of hydrogen-bond donors (Lipinski definition) is 3. The predicted octanol–water partition coefficient (Wildman–Crippen LogP) is -1.90. The summed E-state index contributed by atoms with van der Waals surface area (Å²) in [6.45, 7) is -0.865. The highest BCUT2D eigenvalue weighted by Gasteiger charge is 2.17. The van der Waals surface area contributed by atoms with Crippen molar-refractivity contribution in [3.05, 3.63) is 0 Å². The lowest BCUT2D eigenvalue weighted by Crippen LogP contribution is -2.46. The van der Waals surface area contributed by atoms with Crippen LogP contribution in [-0.4, -0.2) is 40.1 Å². The van der Waals surface area contributed by atoms with Crippen LogP contribution in [-0.2, 0) is 9.59 Å². The van der Waals surface area contributed by atoms with Gasteiger partial charge in [0, 0.05) is 0 Å². The van der Waals surface area contributed by atoms with Crippen molar-refractivity contribution in [2.24, 2.45) is 11.5 Å². The molecule has 68 valence electrons. The molecule has 0 fully saturated rings. The largest absolute Gasteiger partial charge is 0.480 e. The zero-order valence-corrected chi connectivity index (χ0v) is 7.00. The molecule has 12 heavy (non-hydrogen) atoms. The molecule has 0 aromatic carbocycles. The normalized spacial score (nSPS) is 9.08. The molecule has 0 aliphatic carbocycles. The quantitative estimate of drug-likeness (QED) is 0.449. The molecule has 6 nitrogen and oxygen atoms in total. The number of thiocarbonyl (C=S) groups is 1. The van der Waals surface area contributed by atoms with Gasteiger partial charge in [0.15, 0.2) is 5.11 Å². The Kier molecular flexibility index (Phi) is 4.16. The Morgan fingerprint density at radius 3 is 2.25 bits per heavy atom. The third-order valence-electron chi connectivity index (χ3n) is 1.04. The van der Waals surface area contributed by atoms with Crippen LogP contribution in [0.15, 0.2) is 0 Å². The molecule has 0 heterocycles. The Hall–Kier alpha value is -1.21. The second-order valence-electron chi connectivity index (χ2n) is 1.92. The van der Waals surface area contributed by atoms with Crippen LogP contribution in [0.4, 0.5) is 0 Å². The maximum atomic E-state index is 10.9. The van der Waals surface area contributed by atoms with Crippen molar-refractivity contribution >= 4 is 29.2 Å². The molecule has 1 amide bonds. The Bertz CT molecular complexity index is 218. The Morgan fingerprint density at radius 1 is 1.50 bits per heavy atom. The van der Waals surface area contributed by atoms with Gasteiger partial charge in [-0.1, -0.05) is 0 Å². The fraction of sp³-hybridized carbons (Fsp3) is 0.400. The number of hydrogen-bond acceptors (Lipinski definition) is 4. The average molecular weight is 191 g/mol. The van der Waals surface area contributed by atoms with Crippen LogP contribution in [0.1, 0.15) is 0 Å². The molecule has 0 aliphatic rings. The molecule has 0 radical (unpaired) electrons. The van der Waals surface area contributed by atoms with Gasteiger partial charge in [-0.25, -0.2) is 0 Å². The summed E-state index contributed by atoms with van der Waals surface area (Å²) < 4.78 is 0. The van der Waals surface area contributed by atoms with Gasteiger partial charge in [-0.05, 0) is 12.2 Å². The van der Waals surface area contributed by atoms with E-state index in [-0.39, 0.29) is 11.7 Å². The Balaban J connectivity index is 4.33. The molecule has 0 aromatic heterocycles. The monoisotopic (exact) mass is 191 g/mol. The summed E-state index contributed by atoms with van der Waals surface area (Å²) in [5.41, 5.74) is 10.1. The molecule has 0 rings (SSSR count). The van der Waals surface area contributed by atoms with Crippen molar-refractivity contribution in [1.82, 2.24) is 4.90 Å². The first-order valence-electron chi connectivity index (χ1n) is 3.00. The van der Waals surface area contributed by atoms with Gasteiger partial charge in [0.1, 0.15) is 6.54 Å². The number of amides is 1. The van der Waals surface area contributed by atoms with Gasteiger partial charge >= 0.3 is 5.97 Å². The standard InChI is InChI=1S/C5H9N3O3S/c6-1-3(9)8(5(7)12)2-4(10)11/h1-2,6H2,(H2,7,12)(H,10,11). The molecule has 5 N–H and O–H groups in total. The van der Waals surface area contributed by atoms with E-state index in [1.165, 1.54) is 0 Å². The summed E-state index contributed by atoms with van der Waals surface area (Å²) in [6, 6.07) is 0. The van der Waals surface area contributed by atoms with Crippen LogP contribution in [0, 0.1) is 0 Å². The van der Waals surface area contributed by atoms with E-state index in [1.54, 1.807) is 0 Å². The van der Waals surface area contributed by atoms with Crippen molar-refractivity contribution in [2.45, 2.75) is 0 Å². The molecule has 0 aliphatic heterocycles. The van der Waals surface area contributed by atoms with Gasteiger partial charge in [0.25, 0.3) is 0 Å². The van der Waals surface area contributed by atoms with Crippen molar-refractivity contribution in [2.75, 3.05) is 13.1 Å². The summed E-state index contributed by atoms with van der Waals surface area (Å²) in [7, 11) is 0. The minimum atomic E-state index is -1.19. The van der Waals surface area contributed by atoms with Crippen molar-refractivity contribution in [3.8, 4) is 0 Å². The van der Waals surface area contributed by atoms with Crippen LogP contribution in [0.25, 0.3) is 0 Å². The number of rotatable bonds is 3. The highest BCUT2D eigenvalue weighted by atomic mass is 32.1. The van der Waals surface area contributed by atoms with E-state index in [2.05, 4.69) is 12.2 Å². The number of nitrogens with two attached hydrogens (primary N) is 2.